The van der Waals surface area contributed by atoms with Gasteiger partial charge >= 0.3 is 0 Å². The van der Waals surface area contributed by atoms with E-state index >= 15 is 0 Å². The summed E-state index contributed by atoms with van der Waals surface area (Å²) in [5.74, 6) is -0.493. The number of nitrogens with one attached hydrogen (secondary N) is 1. The molecule has 0 saturated carbocycles. The Kier molecular flexibility index (Phi) is 4.50. The highest BCUT2D eigenvalue weighted by Gasteiger charge is 2.11. The Hall–Kier alpha value is -1.46. The predicted molar refractivity (Wildman–Crippen MR) is 75.0 cm³/mol. The molecular weight excluding hydrogens is 265 g/mol. The minimum atomic E-state index is -0.352. The van der Waals surface area contributed by atoms with E-state index in [9.17, 15) is 9.18 Å². The van der Waals surface area contributed by atoms with Gasteiger partial charge in [-0.3, -0.25) is 4.79 Å². The molecule has 1 aromatic heterocycles. The molecule has 0 aliphatic heterocycles. The summed E-state index contributed by atoms with van der Waals surface area (Å²) in [7, 11) is 0. The van der Waals surface area contributed by atoms with E-state index in [1.165, 1.54) is 17.4 Å². The van der Waals surface area contributed by atoms with Gasteiger partial charge in [0.25, 0.3) is 5.91 Å². The molecule has 1 atom stereocenters. The fourth-order valence-electron chi connectivity index (χ4n) is 1.82. The van der Waals surface area contributed by atoms with Gasteiger partial charge in [-0.25, -0.2) is 4.39 Å². The van der Waals surface area contributed by atoms with Gasteiger partial charge in [-0.2, -0.15) is 0 Å². The highest BCUT2D eigenvalue weighted by atomic mass is 32.1. The third-order valence-electron chi connectivity index (χ3n) is 2.82. The van der Waals surface area contributed by atoms with E-state index in [1.54, 1.807) is 25.1 Å². The number of hydrogen-bond donors (Lipinski definition) is 2. The predicted octanol–water partition coefficient (Wildman–Crippen LogP) is 2.93. The Balaban J connectivity index is 2.00. The van der Waals surface area contributed by atoms with Crippen LogP contribution in [-0.2, 0) is 0 Å². The molecule has 3 nitrogen and oxygen atoms in total. The molecule has 0 aliphatic carbocycles. The van der Waals surface area contributed by atoms with Crippen LogP contribution in [0.25, 0.3) is 10.1 Å². The molecule has 1 unspecified atom stereocenters. The first-order chi connectivity index (χ1) is 9.08. The highest BCUT2D eigenvalue weighted by molar-refractivity contribution is 7.20. The molecule has 0 spiro atoms. The van der Waals surface area contributed by atoms with E-state index in [-0.39, 0.29) is 17.8 Å². The van der Waals surface area contributed by atoms with Crippen LogP contribution in [0, 0.1) is 5.82 Å². The summed E-state index contributed by atoms with van der Waals surface area (Å²) >= 11 is 1.28. The Bertz CT molecular complexity index is 580. The highest BCUT2D eigenvalue weighted by Crippen LogP contribution is 2.27. The lowest BCUT2D eigenvalue weighted by Gasteiger charge is -2.04. The SMILES string of the molecule is CC(O)CCCNC(=O)c1cc2c(F)cccc2s1. The minimum absolute atomic E-state index is 0.189. The number of aliphatic hydroxyl groups is 1. The van der Waals surface area contributed by atoms with Gasteiger partial charge in [-0.05, 0) is 38.0 Å². The molecule has 0 bridgehead atoms. The van der Waals surface area contributed by atoms with Crippen molar-refractivity contribution < 1.29 is 14.3 Å². The zero-order valence-electron chi connectivity index (χ0n) is 10.6. The summed E-state index contributed by atoms with van der Waals surface area (Å²) in [6.45, 7) is 2.23. The van der Waals surface area contributed by atoms with E-state index in [1.807, 2.05) is 0 Å². The quantitative estimate of drug-likeness (QED) is 0.828. The van der Waals surface area contributed by atoms with Gasteiger partial charge in [-0.1, -0.05) is 6.07 Å². The summed E-state index contributed by atoms with van der Waals surface area (Å²) in [5, 5.41) is 12.4. The summed E-state index contributed by atoms with van der Waals surface area (Å²) in [5.41, 5.74) is 0. The monoisotopic (exact) mass is 281 g/mol. The molecule has 19 heavy (non-hydrogen) atoms. The van der Waals surface area contributed by atoms with Crippen molar-refractivity contribution in [2.45, 2.75) is 25.9 Å². The molecule has 2 rings (SSSR count). The number of carbonyl (C=O) groups is 1. The lowest BCUT2D eigenvalue weighted by Crippen LogP contribution is -2.24. The molecule has 0 radical (unpaired) electrons. The second-order valence-corrected chi connectivity index (χ2v) is 5.59. The number of benzene rings is 1. The number of aliphatic hydroxyl groups excluding tert-OH is 1. The van der Waals surface area contributed by atoms with Crippen molar-refractivity contribution in [3.8, 4) is 0 Å². The van der Waals surface area contributed by atoms with Crippen LogP contribution in [0.2, 0.25) is 0 Å². The number of fused-ring (bicyclic) bond motifs is 1. The Morgan fingerprint density at radius 3 is 3.00 bits per heavy atom. The van der Waals surface area contributed by atoms with Gasteiger partial charge in [0, 0.05) is 16.6 Å². The average Bonchev–Trinajstić information content (AvgIpc) is 2.79. The Morgan fingerprint density at radius 1 is 1.53 bits per heavy atom. The molecule has 1 heterocycles. The molecule has 2 aromatic rings. The molecule has 1 amide bonds. The van der Waals surface area contributed by atoms with Crippen molar-refractivity contribution >= 4 is 27.3 Å². The molecule has 0 saturated heterocycles. The number of thiophene rings is 1. The van der Waals surface area contributed by atoms with Crippen LogP contribution in [0.3, 0.4) is 0 Å². The second-order valence-electron chi connectivity index (χ2n) is 4.51. The lowest BCUT2D eigenvalue weighted by molar-refractivity contribution is 0.0954. The maximum atomic E-state index is 13.5. The lowest BCUT2D eigenvalue weighted by atomic mass is 10.2. The summed E-state index contributed by atoms with van der Waals surface area (Å²) in [6, 6.07) is 6.41. The third-order valence-corrected chi connectivity index (χ3v) is 3.92. The number of hydrogen-bond acceptors (Lipinski definition) is 3. The van der Waals surface area contributed by atoms with E-state index < -0.39 is 0 Å². The fourth-order valence-corrected chi connectivity index (χ4v) is 2.82. The second kappa shape index (κ2) is 6.12. The molecule has 0 fully saturated rings. The third kappa shape index (κ3) is 3.52. The maximum absolute atomic E-state index is 13.5. The van der Waals surface area contributed by atoms with Gasteiger partial charge in [-0.15, -0.1) is 11.3 Å². The van der Waals surface area contributed by atoms with Crippen molar-refractivity contribution in [1.82, 2.24) is 5.32 Å². The molecule has 1 aromatic carbocycles. The molecular formula is C14H16FNO2S. The summed E-state index contributed by atoms with van der Waals surface area (Å²) < 4.78 is 14.3. The van der Waals surface area contributed by atoms with Gasteiger partial charge in [0.2, 0.25) is 0 Å². The van der Waals surface area contributed by atoms with E-state index in [0.29, 0.717) is 23.2 Å². The van der Waals surface area contributed by atoms with Crippen LogP contribution in [0.4, 0.5) is 4.39 Å². The first-order valence-electron chi connectivity index (χ1n) is 6.22. The van der Waals surface area contributed by atoms with Crippen molar-refractivity contribution in [2.24, 2.45) is 0 Å². The number of amides is 1. The van der Waals surface area contributed by atoms with Gasteiger partial charge in [0.05, 0.1) is 11.0 Å². The van der Waals surface area contributed by atoms with Crippen molar-refractivity contribution in [1.29, 1.82) is 0 Å². The van der Waals surface area contributed by atoms with E-state index in [0.717, 1.165) is 11.1 Å². The van der Waals surface area contributed by atoms with E-state index in [4.69, 9.17) is 5.11 Å². The van der Waals surface area contributed by atoms with Crippen molar-refractivity contribution in [2.75, 3.05) is 6.54 Å². The zero-order valence-corrected chi connectivity index (χ0v) is 11.5. The van der Waals surface area contributed by atoms with Crippen LogP contribution >= 0.6 is 11.3 Å². The average molecular weight is 281 g/mol. The first kappa shape index (κ1) is 14.0. The smallest absolute Gasteiger partial charge is 0.261 e. The van der Waals surface area contributed by atoms with Crippen LogP contribution in [0.5, 0.6) is 0 Å². The van der Waals surface area contributed by atoms with Gasteiger partial charge < -0.3 is 10.4 Å². The van der Waals surface area contributed by atoms with Crippen LogP contribution in [-0.4, -0.2) is 23.7 Å². The Morgan fingerprint density at radius 2 is 2.32 bits per heavy atom. The number of carbonyl (C=O) groups excluding carboxylic acids is 1. The van der Waals surface area contributed by atoms with Crippen LogP contribution < -0.4 is 5.32 Å². The standard InChI is InChI=1S/C14H16FNO2S/c1-9(17)4-3-7-16-14(18)13-8-10-11(15)5-2-6-12(10)19-13/h2,5-6,8-9,17H,3-4,7H2,1H3,(H,16,18). The molecule has 0 aliphatic rings. The van der Waals surface area contributed by atoms with Crippen molar-refractivity contribution in [3.05, 3.63) is 35.0 Å². The topological polar surface area (TPSA) is 49.3 Å². The number of rotatable bonds is 5. The molecule has 2 N–H and O–H groups in total. The largest absolute Gasteiger partial charge is 0.393 e. The number of halogens is 1. The molecule has 102 valence electrons. The first-order valence-corrected chi connectivity index (χ1v) is 7.04. The summed E-state index contributed by atoms with van der Waals surface area (Å²) in [6.07, 6.45) is 1.03. The maximum Gasteiger partial charge on any atom is 0.261 e. The van der Waals surface area contributed by atoms with Gasteiger partial charge in [0.15, 0.2) is 0 Å². The summed E-state index contributed by atoms with van der Waals surface area (Å²) in [4.78, 5) is 12.4. The minimum Gasteiger partial charge on any atom is -0.393 e. The molecule has 5 heteroatoms. The van der Waals surface area contributed by atoms with Gasteiger partial charge in [0.1, 0.15) is 5.82 Å². The van der Waals surface area contributed by atoms with Crippen molar-refractivity contribution in [3.63, 3.8) is 0 Å². The fraction of sp³-hybridized carbons (Fsp3) is 0.357. The van der Waals surface area contributed by atoms with Crippen LogP contribution in [0.15, 0.2) is 24.3 Å². The van der Waals surface area contributed by atoms with Crippen LogP contribution in [0.1, 0.15) is 29.4 Å². The normalized spacial score (nSPS) is 12.6. The van der Waals surface area contributed by atoms with E-state index in [2.05, 4.69) is 5.32 Å². The zero-order chi connectivity index (χ0) is 13.8. The Labute approximate surface area is 115 Å².